The van der Waals surface area contributed by atoms with Gasteiger partial charge >= 0.3 is 0 Å². The van der Waals surface area contributed by atoms with Crippen molar-refractivity contribution in [1.82, 2.24) is 0 Å². The van der Waals surface area contributed by atoms with Gasteiger partial charge in [0.2, 0.25) is 11.6 Å². The van der Waals surface area contributed by atoms with Gasteiger partial charge in [-0.3, -0.25) is 0 Å². The zero-order chi connectivity index (χ0) is 39.2. The molecule has 0 aromatic heterocycles. The Morgan fingerprint density at radius 3 is 0.911 bits per heavy atom. The van der Waals surface area contributed by atoms with Crippen LogP contribution in [0, 0.1) is 0 Å². The zero-order valence-electron chi connectivity index (χ0n) is 35.0. The Morgan fingerprint density at radius 2 is 0.643 bits per heavy atom. The van der Waals surface area contributed by atoms with Crippen molar-refractivity contribution in [3.8, 4) is 0 Å². The molecule has 2 atom stereocenters. The molecule has 0 amide bonds. The van der Waals surface area contributed by atoms with Gasteiger partial charge < -0.3 is 27.9 Å². The second kappa shape index (κ2) is 20.4. The second-order valence-electron chi connectivity index (χ2n) is 17.7. The van der Waals surface area contributed by atoms with Gasteiger partial charge in [0.05, 0.1) is 54.5 Å². The summed E-state index contributed by atoms with van der Waals surface area (Å²) in [7, 11) is 9.38. The first-order valence-electron chi connectivity index (χ1n) is 21.7. The lowest BCUT2D eigenvalue weighted by atomic mass is 9.97. The van der Waals surface area contributed by atoms with Gasteiger partial charge in [-0.1, -0.05) is 173 Å². The number of ether oxygens (including phenoxy) is 4. The van der Waals surface area contributed by atoms with E-state index in [-0.39, 0.29) is 12.2 Å². The van der Waals surface area contributed by atoms with E-state index in [1.807, 2.05) is 24.3 Å². The van der Waals surface area contributed by atoms with Gasteiger partial charge in [-0.05, 0) is 25.7 Å². The molecule has 302 valence electrons. The number of unbranched alkanes of at least 4 members (excludes halogenated alkanes) is 11. The van der Waals surface area contributed by atoms with Crippen LogP contribution in [0.25, 0.3) is 0 Å². The molecule has 2 aliphatic rings. The van der Waals surface area contributed by atoms with Crippen molar-refractivity contribution in [1.29, 1.82) is 0 Å². The molecule has 2 unspecified atom stereocenters. The number of rotatable bonds is 23. The van der Waals surface area contributed by atoms with E-state index in [0.717, 1.165) is 44.3 Å². The molecule has 0 saturated carbocycles. The molecule has 6 heteroatoms. The SMILES string of the molecule is C[N+](C)(CCCCCCCCCCCCCC[N+](C)(C)CC1COC(c2ccccc2)(c2ccccc2)O1)CC1COC(c2ccccc2)(c2ccccc2)O1. The van der Waals surface area contributed by atoms with Gasteiger partial charge in [-0.2, -0.15) is 0 Å². The minimum Gasteiger partial charge on any atom is -0.339 e. The number of hydrogen-bond donors (Lipinski definition) is 0. The normalized spacial score (nSPS) is 19.4. The average Bonchev–Trinajstić information content (AvgIpc) is 3.84. The van der Waals surface area contributed by atoms with Crippen LogP contribution in [0.4, 0.5) is 0 Å². The number of nitrogens with zero attached hydrogens (tertiary/aromatic N) is 2. The Bertz CT molecular complexity index is 1480. The minimum atomic E-state index is -0.826. The molecular formula is C50H70N2O4+2. The van der Waals surface area contributed by atoms with Gasteiger partial charge in [-0.15, -0.1) is 0 Å². The molecule has 4 aromatic carbocycles. The first-order valence-corrected chi connectivity index (χ1v) is 21.7. The summed E-state index contributed by atoms with van der Waals surface area (Å²) in [4.78, 5) is 0. The smallest absolute Gasteiger partial charge is 0.222 e. The third-order valence-electron chi connectivity index (χ3n) is 11.9. The van der Waals surface area contributed by atoms with Crippen molar-refractivity contribution in [2.45, 2.75) is 101 Å². The zero-order valence-corrected chi connectivity index (χ0v) is 35.0. The van der Waals surface area contributed by atoms with E-state index < -0.39 is 11.6 Å². The van der Waals surface area contributed by atoms with Crippen molar-refractivity contribution < 1.29 is 27.9 Å². The Kier molecular flexibility index (Phi) is 15.4. The Labute approximate surface area is 338 Å². The van der Waals surface area contributed by atoms with Crippen molar-refractivity contribution in [3.05, 3.63) is 144 Å². The number of hydrogen-bond acceptors (Lipinski definition) is 4. The molecule has 0 bridgehead atoms. The highest BCUT2D eigenvalue weighted by Crippen LogP contribution is 2.42. The van der Waals surface area contributed by atoms with E-state index in [9.17, 15) is 0 Å². The van der Waals surface area contributed by atoms with E-state index in [1.165, 1.54) is 90.1 Å². The lowest BCUT2D eigenvalue weighted by molar-refractivity contribution is -0.893. The van der Waals surface area contributed by atoms with Crippen LogP contribution in [-0.4, -0.2) is 88.8 Å². The van der Waals surface area contributed by atoms with E-state index in [1.54, 1.807) is 0 Å². The van der Waals surface area contributed by atoms with Gasteiger partial charge in [0.1, 0.15) is 25.3 Å². The fraction of sp³-hybridized carbons (Fsp3) is 0.520. The Morgan fingerprint density at radius 1 is 0.393 bits per heavy atom. The number of likely N-dealkylation sites (N-methyl/N-ethyl adjacent to an activating group) is 2. The maximum absolute atomic E-state index is 6.79. The maximum Gasteiger partial charge on any atom is 0.222 e. The van der Waals surface area contributed by atoms with E-state index >= 15 is 0 Å². The molecule has 2 heterocycles. The van der Waals surface area contributed by atoms with Crippen LogP contribution in [-0.2, 0) is 30.5 Å². The van der Waals surface area contributed by atoms with Gasteiger partial charge in [0, 0.05) is 22.3 Å². The van der Waals surface area contributed by atoms with Crippen molar-refractivity contribution >= 4 is 0 Å². The van der Waals surface area contributed by atoms with Crippen molar-refractivity contribution in [3.63, 3.8) is 0 Å². The summed E-state index contributed by atoms with van der Waals surface area (Å²) >= 11 is 0. The van der Waals surface area contributed by atoms with Crippen molar-refractivity contribution in [2.24, 2.45) is 0 Å². The molecule has 6 nitrogen and oxygen atoms in total. The third kappa shape index (κ3) is 11.6. The predicted octanol–water partition coefficient (Wildman–Crippen LogP) is 10.5. The van der Waals surface area contributed by atoms with Crippen LogP contribution < -0.4 is 0 Å². The monoisotopic (exact) mass is 763 g/mol. The molecule has 2 saturated heterocycles. The van der Waals surface area contributed by atoms with Gasteiger partial charge in [0.15, 0.2) is 0 Å². The molecule has 6 rings (SSSR count). The van der Waals surface area contributed by atoms with Gasteiger partial charge in [-0.25, -0.2) is 0 Å². The molecule has 2 aliphatic heterocycles. The standard InChI is InChI=1S/C50H70N2O4/c1-51(2,39-47-41-53-49(55-47,43-29-19-15-20-30-43)44-31-21-16-22-32-44)37-27-13-11-9-7-5-6-8-10-12-14-28-38-52(3,4)40-48-42-54-50(56-48,45-33-23-17-24-34-45)46-35-25-18-26-36-46/h15-26,29-36,47-48H,5-14,27-28,37-42H2,1-4H3/q+2. The van der Waals surface area contributed by atoms with Crippen LogP contribution in [0.3, 0.4) is 0 Å². The third-order valence-corrected chi connectivity index (χ3v) is 11.9. The topological polar surface area (TPSA) is 36.9 Å². The lowest BCUT2D eigenvalue weighted by Crippen LogP contribution is -2.47. The van der Waals surface area contributed by atoms with Crippen LogP contribution in [0.15, 0.2) is 121 Å². The summed E-state index contributed by atoms with van der Waals surface area (Å²) in [5.74, 6) is -1.65. The maximum atomic E-state index is 6.79. The van der Waals surface area contributed by atoms with E-state index in [0.29, 0.717) is 13.2 Å². The molecule has 0 spiro atoms. The highest BCUT2D eigenvalue weighted by atomic mass is 16.8. The first-order chi connectivity index (χ1) is 27.2. The second-order valence-corrected chi connectivity index (χ2v) is 17.7. The van der Waals surface area contributed by atoms with Crippen LogP contribution in [0.2, 0.25) is 0 Å². The molecule has 0 radical (unpaired) electrons. The molecular weight excluding hydrogens is 693 g/mol. The van der Waals surface area contributed by atoms with Crippen LogP contribution >= 0.6 is 0 Å². The lowest BCUT2D eigenvalue weighted by Gasteiger charge is -2.33. The summed E-state index contributed by atoms with van der Waals surface area (Å²) in [6.07, 6.45) is 16.2. The summed E-state index contributed by atoms with van der Waals surface area (Å²) in [5, 5.41) is 0. The Balaban J connectivity index is 0.784. The summed E-state index contributed by atoms with van der Waals surface area (Å²) < 4.78 is 28.5. The molecule has 0 N–H and O–H groups in total. The van der Waals surface area contributed by atoms with Crippen LogP contribution in [0.1, 0.15) is 99.3 Å². The summed E-state index contributed by atoms with van der Waals surface area (Å²) in [6, 6.07) is 41.6. The Hall–Kier alpha value is -3.36. The largest absolute Gasteiger partial charge is 0.339 e. The minimum absolute atomic E-state index is 0.0612. The van der Waals surface area contributed by atoms with E-state index in [2.05, 4.69) is 125 Å². The molecule has 56 heavy (non-hydrogen) atoms. The number of benzene rings is 4. The summed E-state index contributed by atoms with van der Waals surface area (Å²) in [6.45, 7) is 5.47. The average molecular weight is 763 g/mol. The van der Waals surface area contributed by atoms with Gasteiger partial charge in [0.25, 0.3) is 0 Å². The number of quaternary nitrogens is 2. The summed E-state index contributed by atoms with van der Waals surface area (Å²) in [5.41, 5.74) is 4.24. The first kappa shape index (κ1) is 42.3. The fourth-order valence-electron chi connectivity index (χ4n) is 8.91. The highest BCUT2D eigenvalue weighted by molar-refractivity contribution is 5.36. The molecule has 4 aromatic rings. The van der Waals surface area contributed by atoms with Crippen LogP contribution in [0.5, 0.6) is 0 Å². The highest BCUT2D eigenvalue weighted by Gasteiger charge is 2.47. The molecule has 2 fully saturated rings. The van der Waals surface area contributed by atoms with E-state index in [4.69, 9.17) is 18.9 Å². The molecule has 0 aliphatic carbocycles. The quantitative estimate of drug-likeness (QED) is 0.0557. The fourth-order valence-corrected chi connectivity index (χ4v) is 8.91. The van der Waals surface area contributed by atoms with Crippen molar-refractivity contribution in [2.75, 3.05) is 67.6 Å². The predicted molar refractivity (Wildman–Crippen MR) is 228 cm³/mol.